The fourth-order valence-electron chi connectivity index (χ4n) is 0.626. The molecule has 0 saturated carbocycles. The zero-order valence-electron chi connectivity index (χ0n) is 5.24. The third-order valence-electron chi connectivity index (χ3n) is 1.16. The molecule has 0 radical (unpaired) electrons. The van der Waals surface area contributed by atoms with E-state index >= 15 is 0 Å². The molecule has 10 heavy (non-hydrogen) atoms. The van der Waals surface area contributed by atoms with Gasteiger partial charge in [0, 0.05) is 0 Å². The van der Waals surface area contributed by atoms with Gasteiger partial charge in [-0.25, -0.2) is 0 Å². The Balaban J connectivity index is 3.00. The van der Waals surface area contributed by atoms with Gasteiger partial charge in [0.2, 0.25) is 0 Å². The Morgan fingerprint density at radius 1 is 1.30 bits per heavy atom. The molecule has 4 heteroatoms. The summed E-state index contributed by atoms with van der Waals surface area (Å²) in [5, 5.41) is 0. The molecule has 0 amide bonds. The average molecular weight is 248 g/mol. The van der Waals surface area contributed by atoms with Crippen LogP contribution in [0.1, 0.15) is 0 Å². The van der Waals surface area contributed by atoms with Crippen molar-refractivity contribution in [2.24, 2.45) is 0 Å². The summed E-state index contributed by atoms with van der Waals surface area (Å²) in [6.07, 6.45) is 0. The van der Waals surface area contributed by atoms with Gasteiger partial charge in [-0.05, 0) is 0 Å². The molecule has 0 aliphatic heterocycles. The van der Waals surface area contributed by atoms with Gasteiger partial charge in [0.15, 0.2) is 0 Å². The molecule has 3 N–H and O–H groups in total. The summed E-state index contributed by atoms with van der Waals surface area (Å²) in [7, 11) is 0. The third-order valence-corrected chi connectivity index (χ3v) is 3.52. The van der Waals surface area contributed by atoms with Crippen molar-refractivity contribution in [3.63, 3.8) is 0 Å². The maximum atomic E-state index is 10.6. The molecule has 0 aliphatic rings. The molecule has 1 atom stereocenters. The zero-order valence-corrected chi connectivity index (χ0v) is 8.10. The van der Waals surface area contributed by atoms with Gasteiger partial charge >= 0.3 is 66.2 Å². The fraction of sp³-hybridized carbons (Fsp3) is 0. The second kappa shape index (κ2) is 3.13. The number of nitrogen functional groups attached to an aromatic ring is 1. The number of hydrogen-bond acceptors (Lipinski definition) is 2. The van der Waals surface area contributed by atoms with E-state index in [1.807, 2.05) is 0 Å². The van der Waals surface area contributed by atoms with Crippen LogP contribution in [0, 0.1) is 0 Å². The zero-order chi connectivity index (χ0) is 7.56. The first kappa shape index (κ1) is 7.70. The van der Waals surface area contributed by atoms with Crippen LogP contribution in [0.3, 0.4) is 0 Å². The Bertz CT molecular complexity index is 244. The first-order valence-electron chi connectivity index (χ1n) is 2.79. The molecular formula is C6H8NO2Sb. The van der Waals surface area contributed by atoms with Crippen molar-refractivity contribution in [2.75, 3.05) is 5.73 Å². The molecule has 1 unspecified atom stereocenters. The minimum atomic E-state index is -3.36. The summed E-state index contributed by atoms with van der Waals surface area (Å²) in [5.74, 6) is 0. The number of nitrogens with two attached hydrogens (primary N) is 1. The molecule has 0 saturated heterocycles. The van der Waals surface area contributed by atoms with E-state index in [-0.39, 0.29) is 0 Å². The molecule has 54 valence electrons. The molecule has 1 aromatic rings. The topological polar surface area (TPSA) is 63.3 Å². The molecule has 0 spiro atoms. The standard InChI is InChI=1S/C6H6N.H2O.O.Sb.H/c7-6-4-2-1-3-5-6;;;;/h2-5H,7H2;1H2;;;/q;;;+1;/p-1. The summed E-state index contributed by atoms with van der Waals surface area (Å²) in [6.45, 7) is 0. The molecule has 0 heterocycles. The SMILES string of the molecule is Nc1cc[c]([SbH](=[O])[OH])cc1. The number of anilines is 1. The van der Waals surface area contributed by atoms with Crippen molar-refractivity contribution in [1.29, 1.82) is 0 Å². The van der Waals surface area contributed by atoms with Crippen LogP contribution in [0.2, 0.25) is 0 Å². The molecule has 1 aromatic carbocycles. The van der Waals surface area contributed by atoms with Crippen molar-refractivity contribution in [2.45, 2.75) is 0 Å². The van der Waals surface area contributed by atoms with Gasteiger partial charge in [0.1, 0.15) is 0 Å². The van der Waals surface area contributed by atoms with Crippen LogP contribution in [-0.2, 0) is 3.02 Å². The summed E-state index contributed by atoms with van der Waals surface area (Å²) in [5.41, 5.74) is 5.98. The molecule has 1 rings (SSSR count). The maximum absolute atomic E-state index is 10.6. The second-order valence-corrected chi connectivity index (χ2v) is 5.32. The summed E-state index contributed by atoms with van der Waals surface area (Å²) in [6, 6.07) is 6.45. The second-order valence-electron chi connectivity index (χ2n) is 1.93. The van der Waals surface area contributed by atoms with Crippen molar-refractivity contribution in [3.8, 4) is 0 Å². The van der Waals surface area contributed by atoms with Crippen molar-refractivity contribution < 1.29 is 6.40 Å². The van der Waals surface area contributed by atoms with Gasteiger partial charge in [0.05, 0.1) is 0 Å². The van der Waals surface area contributed by atoms with Crippen LogP contribution < -0.4 is 9.24 Å². The van der Waals surface area contributed by atoms with Crippen LogP contribution in [0.25, 0.3) is 0 Å². The predicted molar refractivity (Wildman–Crippen MR) is 40.5 cm³/mol. The van der Waals surface area contributed by atoms with Gasteiger partial charge in [-0.3, -0.25) is 0 Å². The van der Waals surface area contributed by atoms with Gasteiger partial charge in [-0.2, -0.15) is 0 Å². The minimum absolute atomic E-state index is 0.539. The van der Waals surface area contributed by atoms with E-state index in [0.29, 0.717) is 9.20 Å². The normalized spacial score (nSPS) is 12.9. The average Bonchev–Trinajstić information content (AvgIpc) is 1.88. The molecule has 0 fully saturated rings. The number of rotatable bonds is 1. The molecule has 0 aromatic heterocycles. The molecule has 0 bridgehead atoms. The summed E-state index contributed by atoms with van der Waals surface area (Å²) in [4.78, 5) is 0. The quantitative estimate of drug-likeness (QED) is 0.501. The number of hydrogen-bond donors (Lipinski definition) is 2. The van der Waals surface area contributed by atoms with E-state index in [2.05, 4.69) is 0 Å². The van der Waals surface area contributed by atoms with Gasteiger partial charge in [-0.1, -0.05) is 0 Å². The molecular weight excluding hydrogens is 240 g/mol. The van der Waals surface area contributed by atoms with Crippen molar-refractivity contribution in [1.82, 2.24) is 0 Å². The Hall–Kier alpha value is -0.402. The van der Waals surface area contributed by atoms with Crippen LogP contribution in [0.15, 0.2) is 24.3 Å². The van der Waals surface area contributed by atoms with Crippen LogP contribution in [0.5, 0.6) is 0 Å². The van der Waals surface area contributed by atoms with Gasteiger partial charge in [-0.15, -0.1) is 0 Å². The fourth-order valence-corrected chi connectivity index (χ4v) is 1.92. The Morgan fingerprint density at radius 2 is 1.80 bits per heavy atom. The first-order valence-corrected chi connectivity index (χ1v) is 6.66. The van der Waals surface area contributed by atoms with E-state index in [0.717, 1.165) is 0 Å². The summed E-state index contributed by atoms with van der Waals surface area (Å²) < 4.78 is 19.8. The van der Waals surface area contributed by atoms with Gasteiger partial charge in [0.25, 0.3) is 0 Å². The monoisotopic (exact) mass is 247 g/mol. The van der Waals surface area contributed by atoms with E-state index in [4.69, 9.17) is 9.12 Å². The molecule has 3 nitrogen and oxygen atoms in total. The Kier molecular flexibility index (Phi) is 2.41. The van der Waals surface area contributed by atoms with E-state index < -0.39 is 20.6 Å². The van der Waals surface area contributed by atoms with Crippen LogP contribution in [0.4, 0.5) is 5.69 Å². The van der Waals surface area contributed by atoms with Crippen molar-refractivity contribution >= 4 is 29.8 Å². The Morgan fingerprint density at radius 3 is 2.20 bits per heavy atom. The van der Waals surface area contributed by atoms with E-state index in [1.165, 1.54) is 0 Å². The number of benzene rings is 1. The van der Waals surface area contributed by atoms with E-state index in [1.54, 1.807) is 24.3 Å². The van der Waals surface area contributed by atoms with Crippen molar-refractivity contribution in [3.05, 3.63) is 24.3 Å². The molecule has 0 aliphatic carbocycles. The first-order chi connectivity index (χ1) is 4.70. The predicted octanol–water partition coefficient (Wildman–Crippen LogP) is -0.881. The van der Waals surface area contributed by atoms with E-state index in [9.17, 15) is 3.02 Å². The van der Waals surface area contributed by atoms with Crippen LogP contribution in [-0.4, -0.2) is 24.0 Å². The van der Waals surface area contributed by atoms with Crippen LogP contribution >= 0.6 is 0 Å². The van der Waals surface area contributed by atoms with Gasteiger partial charge < -0.3 is 0 Å². The third kappa shape index (κ3) is 1.79. The summed E-state index contributed by atoms with van der Waals surface area (Å²) >= 11 is -3.36. The Labute approximate surface area is 66.4 Å².